The Bertz CT molecular complexity index is 2130. The third-order valence-corrected chi connectivity index (χ3v) is 10.8. The van der Waals surface area contributed by atoms with Crippen LogP contribution in [0.25, 0.3) is 11.2 Å². The van der Waals surface area contributed by atoms with Crippen molar-refractivity contribution < 1.29 is 27.9 Å². The van der Waals surface area contributed by atoms with Gasteiger partial charge in [-0.15, -0.1) is 0 Å². The molecule has 1 spiro atoms. The van der Waals surface area contributed by atoms with Gasteiger partial charge in [0.2, 0.25) is 11.3 Å². The number of pyridine rings is 1. The molecule has 3 fully saturated rings. The van der Waals surface area contributed by atoms with Crippen LogP contribution in [-0.4, -0.2) is 85.6 Å². The summed E-state index contributed by atoms with van der Waals surface area (Å²) in [6.07, 6.45) is 3.11. The zero-order chi connectivity index (χ0) is 36.9. The molecule has 3 aromatic heterocycles. The second-order valence-electron chi connectivity index (χ2n) is 13.7. The van der Waals surface area contributed by atoms with E-state index >= 15 is 0 Å². The van der Waals surface area contributed by atoms with Gasteiger partial charge in [0.25, 0.3) is 5.91 Å². The Kier molecular flexibility index (Phi) is 9.21. The molecular formula is C35H37ClF3N9O4. The highest BCUT2D eigenvalue weighted by Crippen LogP contribution is 2.48. The van der Waals surface area contributed by atoms with E-state index in [-0.39, 0.29) is 82.6 Å². The fraction of sp³-hybridized carbons (Fsp3) is 0.457. The van der Waals surface area contributed by atoms with Gasteiger partial charge in [0, 0.05) is 45.0 Å². The molecule has 13 nitrogen and oxygen atoms in total. The number of nitrogens with zero attached hydrogens (tertiary/aromatic N) is 8. The number of carbonyl (C=O) groups excluding carboxylic acids is 2. The van der Waals surface area contributed by atoms with Crippen molar-refractivity contribution in [2.24, 2.45) is 5.41 Å². The van der Waals surface area contributed by atoms with Gasteiger partial charge in [0.05, 0.1) is 28.2 Å². The highest BCUT2D eigenvalue weighted by atomic mass is 35.5. The quantitative estimate of drug-likeness (QED) is 0.271. The maximum atomic E-state index is 14.5. The van der Waals surface area contributed by atoms with Gasteiger partial charge in [-0.05, 0) is 56.2 Å². The predicted octanol–water partition coefficient (Wildman–Crippen LogP) is 4.81. The second-order valence-corrected chi connectivity index (χ2v) is 14.1. The van der Waals surface area contributed by atoms with E-state index in [4.69, 9.17) is 21.6 Å². The van der Waals surface area contributed by atoms with Gasteiger partial charge < -0.3 is 29.7 Å². The first-order valence-corrected chi connectivity index (χ1v) is 17.5. The average molecular weight is 740 g/mol. The monoisotopic (exact) mass is 739 g/mol. The minimum atomic E-state index is -4.60. The van der Waals surface area contributed by atoms with Crippen molar-refractivity contribution in [1.29, 1.82) is 0 Å². The molecule has 4 aromatic rings. The maximum absolute atomic E-state index is 14.5. The van der Waals surface area contributed by atoms with Crippen LogP contribution in [-0.2, 0) is 23.9 Å². The molecule has 52 heavy (non-hydrogen) atoms. The van der Waals surface area contributed by atoms with Gasteiger partial charge in [-0.2, -0.15) is 13.2 Å². The van der Waals surface area contributed by atoms with E-state index in [0.717, 1.165) is 50.6 Å². The molecule has 0 bridgehead atoms. The Morgan fingerprint density at radius 1 is 1.04 bits per heavy atom. The summed E-state index contributed by atoms with van der Waals surface area (Å²) in [5, 5.41) is 12.7. The third kappa shape index (κ3) is 6.48. The maximum Gasteiger partial charge on any atom is 0.416 e. The molecule has 5 heterocycles. The number of carbonyl (C=O) groups is 2. The van der Waals surface area contributed by atoms with Crippen molar-refractivity contribution in [2.75, 3.05) is 54.4 Å². The Morgan fingerprint density at radius 2 is 1.79 bits per heavy atom. The highest BCUT2D eigenvalue weighted by Gasteiger charge is 2.43. The molecule has 7 rings (SSSR count). The standard InChI is InChI=1S/C35H37ClF3N9O4/c1-3-24-29(45-11-13-46(14-12-45)33(52)28-30(50)20(2)41-19-42-28)31(51)27-32(40-16-25(44-27)47-10-9-34(18-47)7-4-8-34)48(24)17-26(49)43-23-6-5-21(15-22(23)36)35(37,38)39/h5-6,15-16,19,50H,3-4,7-14,17-18H2,1-2H3,(H,43,49). The number of anilines is 3. The number of halogens is 4. The minimum absolute atomic E-state index is 0.00123. The zero-order valence-electron chi connectivity index (χ0n) is 28.6. The third-order valence-electron chi connectivity index (χ3n) is 10.5. The van der Waals surface area contributed by atoms with Crippen molar-refractivity contribution in [3.63, 3.8) is 0 Å². The van der Waals surface area contributed by atoms with E-state index in [1.807, 2.05) is 11.8 Å². The first-order chi connectivity index (χ1) is 24.8. The van der Waals surface area contributed by atoms with Crippen molar-refractivity contribution in [3.05, 3.63) is 68.6 Å². The lowest BCUT2D eigenvalue weighted by atomic mass is 9.68. The van der Waals surface area contributed by atoms with Crippen LogP contribution in [0, 0.1) is 12.3 Å². The Labute approximate surface area is 301 Å². The topological polar surface area (TPSA) is 150 Å². The van der Waals surface area contributed by atoms with Crippen molar-refractivity contribution in [1.82, 2.24) is 29.4 Å². The van der Waals surface area contributed by atoms with Crippen LogP contribution in [0.4, 0.5) is 30.4 Å². The van der Waals surface area contributed by atoms with Crippen LogP contribution >= 0.6 is 11.6 Å². The number of aryl methyl sites for hydroxylation is 1. The van der Waals surface area contributed by atoms with Crippen molar-refractivity contribution in [3.8, 4) is 5.75 Å². The number of hydrogen-bond donors (Lipinski definition) is 2. The second kappa shape index (κ2) is 13.5. The number of aromatic nitrogens is 5. The van der Waals surface area contributed by atoms with Gasteiger partial charge in [-0.1, -0.05) is 24.9 Å². The predicted molar refractivity (Wildman–Crippen MR) is 188 cm³/mol. The summed E-state index contributed by atoms with van der Waals surface area (Å²) in [4.78, 5) is 64.3. The minimum Gasteiger partial charge on any atom is -0.504 e. The summed E-state index contributed by atoms with van der Waals surface area (Å²) >= 11 is 6.14. The summed E-state index contributed by atoms with van der Waals surface area (Å²) in [5.41, 5.74) is 0.259. The molecule has 1 saturated carbocycles. The van der Waals surface area contributed by atoms with Crippen LogP contribution in [0.3, 0.4) is 0 Å². The van der Waals surface area contributed by atoms with E-state index in [0.29, 0.717) is 23.6 Å². The lowest BCUT2D eigenvalue weighted by Gasteiger charge is -2.38. The number of amides is 2. The van der Waals surface area contributed by atoms with Crippen LogP contribution < -0.4 is 20.5 Å². The van der Waals surface area contributed by atoms with Crippen LogP contribution in [0.5, 0.6) is 5.75 Å². The SMILES string of the molecule is CCc1c(N2CCN(C(=O)c3ncnc(C)c3O)CC2)c(=O)c2nc(N3CCC4(CCC4)C3)cnc2n1CC(=O)Nc1ccc(C(F)(F)F)cc1Cl. The molecule has 3 aliphatic rings. The normalized spacial score (nSPS) is 17.2. The Morgan fingerprint density at radius 3 is 2.42 bits per heavy atom. The van der Waals surface area contributed by atoms with Gasteiger partial charge in [-0.3, -0.25) is 14.4 Å². The van der Waals surface area contributed by atoms with Gasteiger partial charge in [0.15, 0.2) is 22.6 Å². The first-order valence-electron chi connectivity index (χ1n) is 17.2. The molecule has 274 valence electrons. The molecule has 0 radical (unpaired) electrons. The van der Waals surface area contributed by atoms with E-state index in [9.17, 15) is 32.7 Å². The van der Waals surface area contributed by atoms with E-state index in [1.54, 1.807) is 22.6 Å². The summed E-state index contributed by atoms with van der Waals surface area (Å²) in [7, 11) is 0. The number of rotatable bonds is 7. The molecule has 0 atom stereocenters. The fourth-order valence-electron chi connectivity index (χ4n) is 7.48. The van der Waals surface area contributed by atoms with Crippen LogP contribution in [0.2, 0.25) is 5.02 Å². The van der Waals surface area contributed by atoms with E-state index < -0.39 is 23.6 Å². The van der Waals surface area contributed by atoms with Gasteiger partial charge in [0.1, 0.15) is 24.4 Å². The molecule has 1 aromatic carbocycles. The van der Waals surface area contributed by atoms with Crippen molar-refractivity contribution >= 4 is 51.8 Å². The Hall–Kier alpha value is -4.99. The van der Waals surface area contributed by atoms with Crippen LogP contribution in [0.15, 0.2) is 35.5 Å². The molecule has 2 amide bonds. The summed E-state index contributed by atoms with van der Waals surface area (Å²) in [6.45, 7) is 5.67. The smallest absolute Gasteiger partial charge is 0.416 e. The summed E-state index contributed by atoms with van der Waals surface area (Å²) in [6, 6.07) is 2.68. The summed E-state index contributed by atoms with van der Waals surface area (Å²) in [5.74, 6) is -0.767. The molecule has 2 aliphatic heterocycles. The molecule has 0 unspecified atom stereocenters. The fourth-order valence-corrected chi connectivity index (χ4v) is 7.71. The van der Waals surface area contributed by atoms with Crippen LogP contribution in [0.1, 0.15) is 60.0 Å². The number of benzene rings is 1. The molecule has 17 heteroatoms. The highest BCUT2D eigenvalue weighted by molar-refractivity contribution is 6.33. The molecule has 2 saturated heterocycles. The lowest BCUT2D eigenvalue weighted by molar-refractivity contribution is -0.137. The molecular weight excluding hydrogens is 703 g/mol. The van der Waals surface area contributed by atoms with E-state index in [1.165, 1.54) is 12.7 Å². The number of fused-ring (bicyclic) bond motifs is 1. The lowest BCUT2D eigenvalue weighted by Crippen LogP contribution is -2.50. The Balaban J connectivity index is 1.23. The number of hydrogen-bond acceptors (Lipinski definition) is 10. The number of piperazine rings is 1. The van der Waals surface area contributed by atoms with Gasteiger partial charge in [-0.25, -0.2) is 19.9 Å². The average Bonchev–Trinajstić information content (AvgIpc) is 3.58. The molecule has 2 N–H and O–H groups in total. The first kappa shape index (κ1) is 35.4. The molecule has 1 aliphatic carbocycles. The number of nitrogens with one attached hydrogen (secondary N) is 1. The van der Waals surface area contributed by atoms with Gasteiger partial charge >= 0.3 is 6.18 Å². The zero-order valence-corrected chi connectivity index (χ0v) is 29.4. The summed E-state index contributed by atoms with van der Waals surface area (Å²) < 4.78 is 41.3. The number of alkyl halides is 3. The number of aromatic hydroxyl groups is 1. The largest absolute Gasteiger partial charge is 0.504 e. The van der Waals surface area contributed by atoms with Crippen molar-refractivity contribution in [2.45, 2.75) is 58.7 Å². The van der Waals surface area contributed by atoms with E-state index in [2.05, 4.69) is 20.2 Å².